The van der Waals surface area contributed by atoms with Crippen molar-refractivity contribution in [2.75, 3.05) is 13.7 Å². The smallest absolute Gasteiger partial charge is 0.148 e. The lowest BCUT2D eigenvalue weighted by molar-refractivity contribution is 0.124. The first-order valence-corrected chi connectivity index (χ1v) is 3.66. The van der Waals surface area contributed by atoms with Gasteiger partial charge in [-0.05, 0) is 17.7 Å². The van der Waals surface area contributed by atoms with Crippen molar-refractivity contribution in [3.63, 3.8) is 0 Å². The van der Waals surface area contributed by atoms with E-state index < -0.39 is 6.17 Å². The van der Waals surface area contributed by atoms with Crippen molar-refractivity contribution in [2.45, 2.75) is 6.17 Å². The molecule has 0 fully saturated rings. The number of halogens is 1. The molecule has 0 amide bonds. The Morgan fingerprint density at radius 2 is 2.33 bits per heavy atom. The molecule has 1 N–H and O–H groups in total. The van der Waals surface area contributed by atoms with Gasteiger partial charge in [-0.1, -0.05) is 12.1 Å². The van der Waals surface area contributed by atoms with Crippen LogP contribution in [-0.4, -0.2) is 18.8 Å². The first-order valence-electron chi connectivity index (χ1n) is 3.66. The van der Waals surface area contributed by atoms with Crippen molar-refractivity contribution in [3.8, 4) is 5.75 Å². The second kappa shape index (κ2) is 4.07. The van der Waals surface area contributed by atoms with Crippen LogP contribution in [0.2, 0.25) is 0 Å². The molecule has 1 unspecified atom stereocenters. The molecule has 2 nitrogen and oxygen atoms in total. The molecule has 0 heterocycles. The largest absolute Gasteiger partial charge is 0.508 e. The van der Waals surface area contributed by atoms with Gasteiger partial charge in [0.15, 0.2) is 0 Å². The van der Waals surface area contributed by atoms with Crippen molar-refractivity contribution in [2.24, 2.45) is 0 Å². The fraction of sp³-hybridized carbons (Fsp3) is 0.333. The summed E-state index contributed by atoms with van der Waals surface area (Å²) in [7, 11) is 1.44. The van der Waals surface area contributed by atoms with E-state index in [0.717, 1.165) is 0 Å². The molecule has 1 rings (SSSR count). The first-order chi connectivity index (χ1) is 5.74. The number of hydrogen-bond acceptors (Lipinski definition) is 2. The number of phenolic OH excluding ortho intramolecular Hbond substituents is 1. The molecule has 0 saturated heterocycles. The van der Waals surface area contributed by atoms with E-state index in [1.165, 1.54) is 19.2 Å². The highest BCUT2D eigenvalue weighted by molar-refractivity contribution is 5.28. The summed E-state index contributed by atoms with van der Waals surface area (Å²) in [6.07, 6.45) is -1.16. The molecule has 0 radical (unpaired) electrons. The maximum absolute atomic E-state index is 13.1. The van der Waals surface area contributed by atoms with E-state index in [2.05, 4.69) is 4.74 Å². The van der Waals surface area contributed by atoms with Crippen molar-refractivity contribution in [3.05, 3.63) is 29.8 Å². The number of hydrogen-bond donors (Lipinski definition) is 1. The Balaban J connectivity index is 2.73. The van der Waals surface area contributed by atoms with Crippen LogP contribution in [0.4, 0.5) is 4.39 Å². The zero-order valence-electron chi connectivity index (χ0n) is 6.83. The Labute approximate surface area is 70.6 Å². The molecule has 0 spiro atoms. The third kappa shape index (κ3) is 2.20. The third-order valence-electron chi connectivity index (χ3n) is 1.54. The Morgan fingerprint density at radius 1 is 1.58 bits per heavy atom. The average Bonchev–Trinajstić information content (AvgIpc) is 2.05. The monoisotopic (exact) mass is 170 g/mol. The normalized spacial score (nSPS) is 12.8. The molecule has 0 aliphatic heterocycles. The highest BCUT2D eigenvalue weighted by atomic mass is 19.1. The van der Waals surface area contributed by atoms with Crippen molar-refractivity contribution < 1.29 is 14.2 Å². The summed E-state index contributed by atoms with van der Waals surface area (Å²) in [5.74, 6) is 0.0752. The van der Waals surface area contributed by atoms with Gasteiger partial charge in [-0.2, -0.15) is 0 Å². The molecule has 0 bridgehead atoms. The lowest BCUT2D eigenvalue weighted by Crippen LogP contribution is -1.99. The molecule has 66 valence electrons. The number of rotatable bonds is 3. The molecular weight excluding hydrogens is 159 g/mol. The van der Waals surface area contributed by atoms with E-state index in [9.17, 15) is 4.39 Å². The quantitative estimate of drug-likeness (QED) is 0.752. The summed E-state index contributed by atoms with van der Waals surface area (Å²) < 4.78 is 17.7. The Kier molecular flexibility index (Phi) is 3.05. The second-order valence-electron chi connectivity index (χ2n) is 2.52. The Bertz CT molecular complexity index is 250. The third-order valence-corrected chi connectivity index (χ3v) is 1.54. The van der Waals surface area contributed by atoms with Gasteiger partial charge in [-0.3, -0.25) is 0 Å². The maximum atomic E-state index is 13.1. The van der Waals surface area contributed by atoms with Crippen LogP contribution in [0.1, 0.15) is 11.7 Å². The Hall–Kier alpha value is -1.09. The Morgan fingerprint density at radius 3 is 2.92 bits per heavy atom. The SMILES string of the molecule is COCC(F)c1cccc(O)c1. The van der Waals surface area contributed by atoms with E-state index in [1.807, 2.05) is 0 Å². The fourth-order valence-electron chi connectivity index (χ4n) is 0.962. The van der Waals surface area contributed by atoms with Gasteiger partial charge in [0.1, 0.15) is 11.9 Å². The van der Waals surface area contributed by atoms with Gasteiger partial charge in [0, 0.05) is 7.11 Å². The van der Waals surface area contributed by atoms with Gasteiger partial charge in [-0.15, -0.1) is 0 Å². The molecule has 1 aromatic carbocycles. The maximum Gasteiger partial charge on any atom is 0.148 e. The van der Waals surface area contributed by atoms with Crippen LogP contribution in [0, 0.1) is 0 Å². The summed E-state index contributed by atoms with van der Waals surface area (Å²) in [6, 6.07) is 6.11. The summed E-state index contributed by atoms with van der Waals surface area (Å²) >= 11 is 0. The van der Waals surface area contributed by atoms with Crippen molar-refractivity contribution in [1.82, 2.24) is 0 Å². The predicted octanol–water partition coefficient (Wildman–Crippen LogP) is 2.05. The molecule has 3 heteroatoms. The predicted molar refractivity (Wildman–Crippen MR) is 43.8 cm³/mol. The number of benzene rings is 1. The minimum atomic E-state index is -1.16. The zero-order chi connectivity index (χ0) is 8.97. The molecule has 0 aromatic heterocycles. The van der Waals surface area contributed by atoms with Crippen LogP contribution < -0.4 is 0 Å². The number of aromatic hydroxyl groups is 1. The standard InChI is InChI=1S/C9H11FO2/c1-12-6-9(10)7-3-2-4-8(11)5-7/h2-5,9,11H,6H2,1H3. The van der Waals surface area contributed by atoms with Crippen molar-refractivity contribution >= 4 is 0 Å². The fourth-order valence-corrected chi connectivity index (χ4v) is 0.962. The van der Waals surface area contributed by atoms with Crippen LogP contribution in [0.5, 0.6) is 5.75 Å². The zero-order valence-corrected chi connectivity index (χ0v) is 6.83. The molecule has 12 heavy (non-hydrogen) atoms. The summed E-state index contributed by atoms with van der Waals surface area (Å²) in [5, 5.41) is 9.02. The summed E-state index contributed by atoms with van der Waals surface area (Å²) in [6.45, 7) is 0.0173. The van der Waals surface area contributed by atoms with Crippen LogP contribution in [0.3, 0.4) is 0 Å². The highest BCUT2D eigenvalue weighted by Gasteiger charge is 2.08. The first kappa shape index (κ1) is 9.00. The van der Waals surface area contributed by atoms with Crippen LogP contribution in [0.15, 0.2) is 24.3 Å². The topological polar surface area (TPSA) is 29.5 Å². The van der Waals surface area contributed by atoms with E-state index in [4.69, 9.17) is 5.11 Å². The van der Waals surface area contributed by atoms with Crippen molar-refractivity contribution in [1.29, 1.82) is 0 Å². The number of alkyl halides is 1. The molecule has 1 aromatic rings. The minimum absolute atomic E-state index is 0.0173. The van der Waals surface area contributed by atoms with Gasteiger partial charge < -0.3 is 9.84 Å². The minimum Gasteiger partial charge on any atom is -0.508 e. The van der Waals surface area contributed by atoms with E-state index in [0.29, 0.717) is 5.56 Å². The van der Waals surface area contributed by atoms with Gasteiger partial charge in [0.25, 0.3) is 0 Å². The van der Waals surface area contributed by atoms with Gasteiger partial charge in [-0.25, -0.2) is 4.39 Å². The van der Waals surface area contributed by atoms with Gasteiger partial charge in [0.05, 0.1) is 6.61 Å². The number of methoxy groups -OCH3 is 1. The summed E-state index contributed by atoms with van der Waals surface area (Å²) in [4.78, 5) is 0. The van der Waals surface area contributed by atoms with E-state index in [-0.39, 0.29) is 12.4 Å². The van der Waals surface area contributed by atoms with Crippen LogP contribution >= 0.6 is 0 Å². The molecule has 0 aliphatic rings. The lowest BCUT2D eigenvalue weighted by Gasteiger charge is -2.06. The van der Waals surface area contributed by atoms with Crippen LogP contribution in [0.25, 0.3) is 0 Å². The number of phenols is 1. The van der Waals surface area contributed by atoms with E-state index >= 15 is 0 Å². The van der Waals surface area contributed by atoms with E-state index in [1.54, 1.807) is 12.1 Å². The summed E-state index contributed by atoms with van der Waals surface area (Å²) in [5.41, 5.74) is 0.442. The molecule has 0 saturated carbocycles. The molecule has 1 atom stereocenters. The van der Waals surface area contributed by atoms with Crippen LogP contribution in [-0.2, 0) is 4.74 Å². The van der Waals surface area contributed by atoms with Gasteiger partial charge in [0.2, 0.25) is 0 Å². The van der Waals surface area contributed by atoms with Gasteiger partial charge >= 0.3 is 0 Å². The lowest BCUT2D eigenvalue weighted by atomic mass is 10.1. The highest BCUT2D eigenvalue weighted by Crippen LogP contribution is 2.21. The number of ether oxygens (including phenoxy) is 1. The second-order valence-corrected chi connectivity index (χ2v) is 2.52. The molecule has 0 aliphatic carbocycles. The molecular formula is C9H11FO2. The average molecular weight is 170 g/mol.